The molecule has 2 N–H and O–H groups in total. The van der Waals surface area contributed by atoms with Crippen molar-refractivity contribution in [2.45, 2.75) is 24.8 Å². The maximum atomic E-state index is 12.9. The zero-order valence-corrected chi connectivity index (χ0v) is 10.7. The van der Waals surface area contributed by atoms with E-state index >= 15 is 0 Å². The lowest BCUT2D eigenvalue weighted by molar-refractivity contribution is -0.140. The van der Waals surface area contributed by atoms with Gasteiger partial charge in [-0.3, -0.25) is 4.79 Å². The van der Waals surface area contributed by atoms with Crippen LogP contribution in [0.15, 0.2) is 23.3 Å². The number of aliphatic hydroxyl groups is 2. The van der Waals surface area contributed by atoms with E-state index in [-0.39, 0.29) is 24.8 Å². The molecule has 1 aromatic rings. The fourth-order valence-corrected chi connectivity index (χ4v) is 1.75. The third-order valence-corrected chi connectivity index (χ3v) is 2.79. The van der Waals surface area contributed by atoms with Gasteiger partial charge in [-0.25, -0.2) is 0 Å². The van der Waals surface area contributed by atoms with Crippen molar-refractivity contribution in [2.75, 3.05) is 6.54 Å². The number of carbonyl (C=O) groups is 1. The van der Waals surface area contributed by atoms with E-state index in [0.717, 1.165) is 12.1 Å². The van der Waals surface area contributed by atoms with Crippen molar-refractivity contribution in [3.05, 3.63) is 45.3 Å². The molecule has 1 aromatic carbocycles. The van der Waals surface area contributed by atoms with Gasteiger partial charge in [0.2, 0.25) is 0 Å². The molecular formula is C12H12F3N3O3. The van der Waals surface area contributed by atoms with Crippen LogP contribution in [0.25, 0.3) is 10.4 Å². The minimum absolute atomic E-state index is 0.164. The first-order chi connectivity index (χ1) is 9.81. The number of alkyl halides is 3. The number of aldehydes is 1. The molecule has 0 radical (unpaired) electrons. The van der Waals surface area contributed by atoms with E-state index in [1.54, 1.807) is 0 Å². The second kappa shape index (κ2) is 7.07. The van der Waals surface area contributed by atoms with Crippen LogP contribution in [0.2, 0.25) is 0 Å². The SMILES string of the molecule is [N-]=[N+]=NCCC(O)C(O)c1ccc(C=O)cc1C(F)(F)F. The second-order valence-corrected chi connectivity index (χ2v) is 4.22. The minimum atomic E-state index is -4.78. The van der Waals surface area contributed by atoms with Crippen LogP contribution in [0.1, 0.15) is 34.0 Å². The van der Waals surface area contributed by atoms with Crippen molar-refractivity contribution in [1.29, 1.82) is 0 Å². The third kappa shape index (κ3) is 4.45. The Morgan fingerprint density at radius 2 is 2.05 bits per heavy atom. The Labute approximate surface area is 117 Å². The molecule has 6 nitrogen and oxygen atoms in total. The molecule has 21 heavy (non-hydrogen) atoms. The van der Waals surface area contributed by atoms with Gasteiger partial charge in [0.25, 0.3) is 0 Å². The molecule has 0 aliphatic rings. The van der Waals surface area contributed by atoms with E-state index in [0.29, 0.717) is 6.07 Å². The molecule has 0 spiro atoms. The minimum Gasteiger partial charge on any atom is -0.390 e. The number of rotatable bonds is 6. The number of hydrogen-bond acceptors (Lipinski definition) is 4. The maximum absolute atomic E-state index is 12.9. The number of azide groups is 1. The summed E-state index contributed by atoms with van der Waals surface area (Å²) < 4.78 is 38.8. The van der Waals surface area contributed by atoms with Crippen LogP contribution >= 0.6 is 0 Å². The van der Waals surface area contributed by atoms with Crippen LogP contribution in [-0.4, -0.2) is 29.1 Å². The monoisotopic (exact) mass is 303 g/mol. The highest BCUT2D eigenvalue weighted by atomic mass is 19.4. The molecular weight excluding hydrogens is 291 g/mol. The van der Waals surface area contributed by atoms with Gasteiger partial charge < -0.3 is 10.2 Å². The molecule has 9 heteroatoms. The van der Waals surface area contributed by atoms with Gasteiger partial charge in [-0.2, -0.15) is 13.2 Å². The molecule has 0 saturated carbocycles. The van der Waals surface area contributed by atoms with E-state index in [9.17, 15) is 28.2 Å². The molecule has 1 rings (SSSR count). The van der Waals surface area contributed by atoms with Crippen molar-refractivity contribution in [3.8, 4) is 0 Å². The average Bonchev–Trinajstić information content (AvgIpc) is 2.45. The van der Waals surface area contributed by atoms with Crippen LogP contribution in [0.5, 0.6) is 0 Å². The third-order valence-electron chi connectivity index (χ3n) is 2.79. The fourth-order valence-electron chi connectivity index (χ4n) is 1.75. The topological polar surface area (TPSA) is 106 Å². The standard InChI is InChI=1S/C12H12F3N3O3/c13-12(14,15)9-5-7(6-19)1-2-8(9)11(21)10(20)3-4-17-18-16/h1-2,5-6,10-11,20-21H,3-4H2. The quantitative estimate of drug-likeness (QED) is 0.365. The van der Waals surface area contributed by atoms with Crippen molar-refractivity contribution in [1.82, 2.24) is 0 Å². The molecule has 2 unspecified atom stereocenters. The Balaban J connectivity index is 3.10. The Morgan fingerprint density at radius 3 is 2.57 bits per heavy atom. The highest BCUT2D eigenvalue weighted by molar-refractivity contribution is 5.75. The summed E-state index contributed by atoms with van der Waals surface area (Å²) in [6.07, 6.45) is -8.06. The summed E-state index contributed by atoms with van der Waals surface area (Å²) in [5, 5.41) is 22.6. The number of benzene rings is 1. The molecule has 0 heterocycles. The van der Waals surface area contributed by atoms with E-state index in [2.05, 4.69) is 10.0 Å². The maximum Gasteiger partial charge on any atom is 0.416 e. The predicted molar refractivity (Wildman–Crippen MR) is 66.4 cm³/mol. The summed E-state index contributed by atoms with van der Waals surface area (Å²) in [7, 11) is 0. The number of nitrogens with zero attached hydrogens (tertiary/aromatic N) is 3. The van der Waals surface area contributed by atoms with Gasteiger partial charge in [-0.15, -0.1) is 0 Å². The van der Waals surface area contributed by atoms with E-state index in [4.69, 9.17) is 5.53 Å². The summed E-state index contributed by atoms with van der Waals surface area (Å²) in [4.78, 5) is 13.0. The molecule has 0 fully saturated rings. The summed E-state index contributed by atoms with van der Waals surface area (Å²) in [6.45, 7) is -0.164. The van der Waals surface area contributed by atoms with E-state index < -0.39 is 29.5 Å². The summed E-state index contributed by atoms with van der Waals surface area (Å²) in [5.41, 5.74) is 6.15. The molecule has 0 aromatic heterocycles. The van der Waals surface area contributed by atoms with Crippen molar-refractivity contribution >= 4 is 6.29 Å². The zero-order chi connectivity index (χ0) is 16.0. The van der Waals surface area contributed by atoms with Crippen molar-refractivity contribution < 1.29 is 28.2 Å². The Kier molecular flexibility index (Phi) is 5.71. The van der Waals surface area contributed by atoms with Crippen molar-refractivity contribution in [2.24, 2.45) is 5.11 Å². The average molecular weight is 303 g/mol. The highest BCUT2D eigenvalue weighted by Gasteiger charge is 2.36. The Morgan fingerprint density at radius 1 is 1.38 bits per heavy atom. The summed E-state index contributed by atoms with van der Waals surface area (Å²) in [5.74, 6) is 0. The predicted octanol–water partition coefficient (Wildman–Crippen LogP) is 2.61. The summed E-state index contributed by atoms with van der Waals surface area (Å²) in [6, 6.07) is 2.65. The van der Waals surface area contributed by atoms with Crippen LogP contribution in [0.3, 0.4) is 0 Å². The normalized spacial score (nSPS) is 14.1. The number of halogens is 3. The van der Waals surface area contributed by atoms with Crippen LogP contribution in [0.4, 0.5) is 13.2 Å². The molecule has 0 amide bonds. The van der Waals surface area contributed by atoms with Gasteiger partial charge in [-0.05, 0) is 23.6 Å². The lowest BCUT2D eigenvalue weighted by atomic mass is 9.95. The first kappa shape index (κ1) is 17.0. The van der Waals surface area contributed by atoms with Gasteiger partial charge in [-0.1, -0.05) is 17.2 Å². The number of hydrogen-bond donors (Lipinski definition) is 2. The molecule has 114 valence electrons. The molecule has 0 bridgehead atoms. The first-order valence-corrected chi connectivity index (χ1v) is 5.84. The Bertz CT molecular complexity index is 556. The number of aliphatic hydroxyl groups excluding tert-OH is 2. The van der Waals surface area contributed by atoms with Gasteiger partial charge in [0, 0.05) is 17.0 Å². The van der Waals surface area contributed by atoms with Crippen LogP contribution in [-0.2, 0) is 6.18 Å². The fraction of sp³-hybridized carbons (Fsp3) is 0.417. The van der Waals surface area contributed by atoms with Crippen LogP contribution in [0, 0.1) is 0 Å². The van der Waals surface area contributed by atoms with Gasteiger partial charge in [0.1, 0.15) is 12.4 Å². The lowest BCUT2D eigenvalue weighted by Gasteiger charge is -2.21. The second-order valence-electron chi connectivity index (χ2n) is 4.22. The molecule has 0 saturated heterocycles. The van der Waals surface area contributed by atoms with Gasteiger partial charge in [0.15, 0.2) is 0 Å². The van der Waals surface area contributed by atoms with Gasteiger partial charge >= 0.3 is 6.18 Å². The Hall–Kier alpha value is -2.09. The first-order valence-electron chi connectivity index (χ1n) is 5.84. The lowest BCUT2D eigenvalue weighted by Crippen LogP contribution is -2.22. The largest absolute Gasteiger partial charge is 0.416 e. The molecule has 0 aliphatic heterocycles. The van der Waals surface area contributed by atoms with E-state index in [1.165, 1.54) is 0 Å². The zero-order valence-electron chi connectivity index (χ0n) is 10.7. The van der Waals surface area contributed by atoms with Crippen molar-refractivity contribution in [3.63, 3.8) is 0 Å². The molecule has 0 aliphatic carbocycles. The molecule has 2 atom stereocenters. The van der Waals surface area contributed by atoms with E-state index in [1.807, 2.05) is 0 Å². The number of carbonyl (C=O) groups excluding carboxylic acids is 1. The smallest absolute Gasteiger partial charge is 0.390 e. The summed E-state index contributed by atoms with van der Waals surface area (Å²) >= 11 is 0. The highest BCUT2D eigenvalue weighted by Crippen LogP contribution is 2.36. The van der Waals surface area contributed by atoms with Gasteiger partial charge in [0.05, 0.1) is 11.7 Å². The van der Waals surface area contributed by atoms with Crippen LogP contribution < -0.4 is 0 Å².